The Balaban J connectivity index is 0.00000529. The molecule has 0 spiro atoms. The molecule has 1 unspecified atom stereocenters. The van der Waals surface area contributed by atoms with Crippen LogP contribution in [0.25, 0.3) is 0 Å². The zero-order valence-electron chi connectivity index (χ0n) is 15.1. The second-order valence-corrected chi connectivity index (χ2v) is 9.57. The lowest BCUT2D eigenvalue weighted by atomic mass is 10.1. The number of nitrogens with zero attached hydrogens (tertiary/aromatic N) is 1. The van der Waals surface area contributed by atoms with Gasteiger partial charge in [-0.1, -0.05) is 0 Å². The Morgan fingerprint density at radius 2 is 2.00 bits per heavy atom. The number of thiophene rings is 1. The lowest BCUT2D eigenvalue weighted by molar-refractivity contribution is 0.445. The minimum Gasteiger partial charge on any atom is -0.355 e. The first kappa shape index (κ1) is 23.6. The average Bonchev–Trinajstić information content (AvgIpc) is 2.77. The van der Waals surface area contributed by atoms with Crippen molar-refractivity contribution in [2.24, 2.45) is 4.99 Å². The first-order valence-corrected chi connectivity index (χ1v) is 10.2. The number of rotatable bonds is 7. The van der Waals surface area contributed by atoms with Gasteiger partial charge in [0, 0.05) is 41.3 Å². The maximum Gasteiger partial charge on any atom is 0.209 e. The highest BCUT2D eigenvalue weighted by atomic mass is 127. The molecule has 6 nitrogen and oxygen atoms in total. The zero-order valence-corrected chi connectivity index (χ0v) is 19.1. The Morgan fingerprint density at radius 3 is 2.46 bits per heavy atom. The highest BCUT2D eigenvalue weighted by molar-refractivity contribution is 14.0. The van der Waals surface area contributed by atoms with Crippen LogP contribution in [0.5, 0.6) is 0 Å². The molecule has 0 saturated heterocycles. The number of aliphatic imine (C=N–C) groups is 1. The number of halogens is 1. The van der Waals surface area contributed by atoms with E-state index < -0.39 is 15.6 Å². The molecule has 0 amide bonds. The van der Waals surface area contributed by atoms with E-state index in [0.29, 0.717) is 12.5 Å². The molecule has 0 aromatic carbocycles. The molecular weight excluding hydrogens is 459 g/mol. The van der Waals surface area contributed by atoms with Crippen LogP contribution in [0.1, 0.15) is 30.5 Å². The van der Waals surface area contributed by atoms with Gasteiger partial charge in [-0.25, -0.2) is 13.1 Å². The van der Waals surface area contributed by atoms with E-state index in [2.05, 4.69) is 46.3 Å². The number of sulfonamides is 1. The Labute approximate surface area is 167 Å². The van der Waals surface area contributed by atoms with Crippen LogP contribution in [0.4, 0.5) is 0 Å². The summed E-state index contributed by atoms with van der Waals surface area (Å²) in [4.78, 5) is 6.83. The second-order valence-electron chi connectivity index (χ2n) is 6.45. The van der Waals surface area contributed by atoms with Crippen LogP contribution < -0.4 is 15.4 Å². The molecule has 24 heavy (non-hydrogen) atoms. The summed E-state index contributed by atoms with van der Waals surface area (Å²) in [7, 11) is -1.54. The standard InChI is InChI=1S/C15H28N4O2S2.HI/c1-11(9-13-8-7-12(2)22-13)18-14(16-5)17-10-15(3,4)19-23(6,20)21;/h7-8,11,19H,9-10H2,1-6H3,(H2,16,17,18);1H. The van der Waals surface area contributed by atoms with Gasteiger partial charge in [-0.3, -0.25) is 4.99 Å². The molecule has 1 heterocycles. The van der Waals surface area contributed by atoms with E-state index in [4.69, 9.17) is 0 Å². The number of aryl methyl sites for hydroxylation is 1. The molecule has 1 rings (SSSR count). The molecule has 1 atom stereocenters. The van der Waals surface area contributed by atoms with Gasteiger partial charge in [0.05, 0.1) is 6.26 Å². The van der Waals surface area contributed by atoms with Crippen LogP contribution >= 0.6 is 35.3 Å². The van der Waals surface area contributed by atoms with Crippen molar-refractivity contribution in [1.29, 1.82) is 0 Å². The lowest BCUT2D eigenvalue weighted by Crippen LogP contribution is -2.54. The molecule has 0 aliphatic rings. The summed E-state index contributed by atoms with van der Waals surface area (Å²) in [5.41, 5.74) is -0.598. The highest BCUT2D eigenvalue weighted by Crippen LogP contribution is 2.16. The van der Waals surface area contributed by atoms with Crippen molar-refractivity contribution < 1.29 is 8.42 Å². The summed E-state index contributed by atoms with van der Waals surface area (Å²) in [6.07, 6.45) is 2.08. The van der Waals surface area contributed by atoms with Gasteiger partial charge in [0.2, 0.25) is 10.0 Å². The van der Waals surface area contributed by atoms with Crippen LogP contribution in [-0.2, 0) is 16.4 Å². The summed E-state index contributed by atoms with van der Waals surface area (Å²) < 4.78 is 25.3. The summed E-state index contributed by atoms with van der Waals surface area (Å²) in [6.45, 7) is 8.29. The Hall–Kier alpha value is -0.390. The normalized spacial score (nSPS) is 14.0. The number of guanidine groups is 1. The molecular formula is C15H29IN4O2S2. The molecule has 140 valence electrons. The van der Waals surface area contributed by atoms with Gasteiger partial charge in [0.25, 0.3) is 0 Å². The predicted molar refractivity (Wildman–Crippen MR) is 114 cm³/mol. The lowest BCUT2D eigenvalue weighted by Gasteiger charge is -2.27. The number of hydrogen-bond acceptors (Lipinski definition) is 4. The summed E-state index contributed by atoms with van der Waals surface area (Å²) in [5.74, 6) is 0.661. The van der Waals surface area contributed by atoms with Crippen LogP contribution in [0.15, 0.2) is 17.1 Å². The molecule has 0 aliphatic heterocycles. The van der Waals surface area contributed by atoms with Gasteiger partial charge < -0.3 is 10.6 Å². The maximum absolute atomic E-state index is 11.4. The fourth-order valence-electron chi connectivity index (χ4n) is 2.22. The topological polar surface area (TPSA) is 82.6 Å². The van der Waals surface area contributed by atoms with Crippen molar-refractivity contribution in [2.75, 3.05) is 19.8 Å². The van der Waals surface area contributed by atoms with Crippen LogP contribution in [0.2, 0.25) is 0 Å². The zero-order chi connectivity index (χ0) is 17.7. The van der Waals surface area contributed by atoms with E-state index in [9.17, 15) is 8.42 Å². The first-order valence-electron chi connectivity index (χ1n) is 7.52. The van der Waals surface area contributed by atoms with Crippen molar-refractivity contribution in [3.63, 3.8) is 0 Å². The molecule has 0 fully saturated rings. The van der Waals surface area contributed by atoms with Gasteiger partial charge in [-0.15, -0.1) is 35.3 Å². The molecule has 9 heteroatoms. The largest absolute Gasteiger partial charge is 0.355 e. The Kier molecular flexibility index (Phi) is 9.77. The summed E-state index contributed by atoms with van der Waals surface area (Å²) >= 11 is 1.80. The summed E-state index contributed by atoms with van der Waals surface area (Å²) in [6, 6.07) is 4.50. The van der Waals surface area contributed by atoms with Crippen molar-refractivity contribution in [2.45, 2.75) is 45.7 Å². The quantitative estimate of drug-likeness (QED) is 0.312. The molecule has 0 radical (unpaired) electrons. The van der Waals surface area contributed by atoms with Gasteiger partial charge in [0.15, 0.2) is 5.96 Å². The summed E-state index contributed by atoms with van der Waals surface area (Å²) in [5, 5.41) is 6.50. The molecule has 0 saturated carbocycles. The van der Waals surface area contributed by atoms with E-state index in [1.807, 2.05) is 13.8 Å². The maximum atomic E-state index is 11.4. The fourth-order valence-corrected chi connectivity index (χ4v) is 4.31. The monoisotopic (exact) mass is 488 g/mol. The minimum absolute atomic E-state index is 0. The fraction of sp³-hybridized carbons (Fsp3) is 0.667. The molecule has 1 aromatic rings. The van der Waals surface area contributed by atoms with Gasteiger partial charge in [-0.2, -0.15) is 0 Å². The van der Waals surface area contributed by atoms with Crippen molar-refractivity contribution in [3.8, 4) is 0 Å². The average molecular weight is 488 g/mol. The number of nitrogens with one attached hydrogen (secondary N) is 3. The van der Waals surface area contributed by atoms with Crippen molar-refractivity contribution in [1.82, 2.24) is 15.4 Å². The Morgan fingerprint density at radius 1 is 1.38 bits per heavy atom. The van der Waals surface area contributed by atoms with Gasteiger partial charge >= 0.3 is 0 Å². The molecule has 3 N–H and O–H groups in total. The van der Waals surface area contributed by atoms with Crippen LogP contribution in [-0.4, -0.2) is 45.8 Å². The van der Waals surface area contributed by atoms with E-state index in [1.54, 1.807) is 18.4 Å². The smallest absolute Gasteiger partial charge is 0.209 e. The van der Waals surface area contributed by atoms with E-state index >= 15 is 0 Å². The highest BCUT2D eigenvalue weighted by Gasteiger charge is 2.22. The third-order valence-corrected chi connectivity index (χ3v) is 5.02. The molecule has 0 bridgehead atoms. The predicted octanol–water partition coefficient (Wildman–Crippen LogP) is 2.10. The van der Waals surface area contributed by atoms with Crippen molar-refractivity contribution in [3.05, 3.63) is 21.9 Å². The van der Waals surface area contributed by atoms with Crippen molar-refractivity contribution >= 4 is 51.3 Å². The third kappa shape index (κ3) is 9.80. The second kappa shape index (κ2) is 9.93. The molecule has 0 aliphatic carbocycles. The van der Waals surface area contributed by atoms with Crippen LogP contribution in [0.3, 0.4) is 0 Å². The Bertz CT molecular complexity index is 642. The van der Waals surface area contributed by atoms with E-state index in [1.165, 1.54) is 9.75 Å². The third-order valence-electron chi connectivity index (χ3n) is 3.07. The SMILES string of the molecule is CN=C(NCC(C)(C)NS(C)(=O)=O)NC(C)Cc1ccc(C)s1.I. The first-order chi connectivity index (χ1) is 10.5. The van der Waals surface area contributed by atoms with Gasteiger partial charge in [0.1, 0.15) is 0 Å². The van der Waals surface area contributed by atoms with E-state index in [0.717, 1.165) is 12.7 Å². The van der Waals surface area contributed by atoms with Gasteiger partial charge in [-0.05, 0) is 39.8 Å². The number of hydrogen-bond donors (Lipinski definition) is 3. The minimum atomic E-state index is -3.25. The van der Waals surface area contributed by atoms with Crippen LogP contribution in [0, 0.1) is 6.92 Å². The van der Waals surface area contributed by atoms with E-state index in [-0.39, 0.29) is 30.0 Å². The molecule has 1 aromatic heterocycles.